The van der Waals surface area contributed by atoms with E-state index < -0.39 is 0 Å². The van der Waals surface area contributed by atoms with Crippen molar-refractivity contribution in [2.24, 2.45) is 0 Å². The highest BCUT2D eigenvalue weighted by Gasteiger charge is 2.22. The summed E-state index contributed by atoms with van der Waals surface area (Å²) in [7, 11) is 0. The molecule has 136 valence electrons. The summed E-state index contributed by atoms with van der Waals surface area (Å²) in [5, 5.41) is 3.02. The zero-order valence-electron chi connectivity index (χ0n) is 14.9. The third-order valence-electron chi connectivity index (χ3n) is 4.81. The number of nitrogens with one attached hydrogen (secondary N) is 1. The van der Waals surface area contributed by atoms with E-state index in [1.54, 1.807) is 0 Å². The number of fused-ring (bicyclic) bond motifs is 1. The number of anilines is 1. The topological polar surface area (TPSA) is 54.0 Å². The molecule has 0 aliphatic carbocycles. The Hall–Kier alpha value is -2.89. The maximum absolute atomic E-state index is 12.4. The highest BCUT2D eigenvalue weighted by molar-refractivity contribution is 5.74. The van der Waals surface area contributed by atoms with Crippen molar-refractivity contribution in [1.29, 1.82) is 0 Å². The average molecular weight is 353 g/mol. The van der Waals surface area contributed by atoms with Crippen molar-refractivity contribution < 1.29 is 14.3 Å². The lowest BCUT2D eigenvalue weighted by Crippen LogP contribution is -2.51. The minimum absolute atomic E-state index is 0.00292. The highest BCUT2D eigenvalue weighted by atomic mass is 16.7. The summed E-state index contributed by atoms with van der Waals surface area (Å²) in [5.74, 6) is 1.59. The molecule has 0 saturated carbocycles. The minimum Gasteiger partial charge on any atom is -0.454 e. The molecule has 0 aromatic heterocycles. The fourth-order valence-corrected chi connectivity index (χ4v) is 3.36. The molecule has 4 rings (SSSR count). The Bertz CT molecular complexity index is 801. The van der Waals surface area contributed by atoms with Gasteiger partial charge in [-0.15, -0.1) is 0 Å². The summed E-state index contributed by atoms with van der Waals surface area (Å²) in [6.07, 6.45) is 0. The first-order valence-electron chi connectivity index (χ1n) is 8.92. The minimum atomic E-state index is -0.00292. The maximum Gasteiger partial charge on any atom is 0.317 e. The number of amides is 2. The van der Waals surface area contributed by atoms with Gasteiger partial charge in [0.15, 0.2) is 11.5 Å². The van der Waals surface area contributed by atoms with Crippen LogP contribution in [-0.4, -0.2) is 43.9 Å². The number of aryl methyl sites for hydroxylation is 1. The Morgan fingerprint density at radius 3 is 2.65 bits per heavy atom. The number of carbonyl (C=O) groups is 1. The number of urea groups is 1. The number of ether oxygens (including phenoxy) is 2. The summed E-state index contributed by atoms with van der Waals surface area (Å²) in [6.45, 7) is 5.91. The molecule has 2 aliphatic heterocycles. The largest absolute Gasteiger partial charge is 0.454 e. The Kier molecular flexibility index (Phi) is 4.56. The molecule has 2 aliphatic rings. The van der Waals surface area contributed by atoms with Gasteiger partial charge in [0, 0.05) is 44.5 Å². The van der Waals surface area contributed by atoms with Crippen LogP contribution < -0.4 is 19.7 Å². The van der Waals surface area contributed by atoms with Crippen LogP contribution >= 0.6 is 0 Å². The Labute approximate surface area is 153 Å². The summed E-state index contributed by atoms with van der Waals surface area (Å²) in [6, 6.07) is 14.2. The van der Waals surface area contributed by atoms with Crippen LogP contribution in [0.25, 0.3) is 0 Å². The van der Waals surface area contributed by atoms with Crippen LogP contribution in [0.2, 0.25) is 0 Å². The van der Waals surface area contributed by atoms with Crippen LogP contribution in [0.3, 0.4) is 0 Å². The van der Waals surface area contributed by atoms with Crippen molar-refractivity contribution in [3.63, 3.8) is 0 Å². The van der Waals surface area contributed by atoms with Gasteiger partial charge < -0.3 is 24.6 Å². The molecule has 26 heavy (non-hydrogen) atoms. The SMILES string of the molecule is Cc1cccc(CNC(=O)N2CCN(c3ccc4c(c3)OCO4)CC2)c1. The first-order valence-corrected chi connectivity index (χ1v) is 8.92. The van der Waals surface area contributed by atoms with E-state index in [9.17, 15) is 4.79 Å². The monoisotopic (exact) mass is 353 g/mol. The van der Waals surface area contributed by atoms with Gasteiger partial charge in [0.1, 0.15) is 0 Å². The Balaban J connectivity index is 1.29. The first-order chi connectivity index (χ1) is 12.7. The summed E-state index contributed by atoms with van der Waals surface area (Å²) >= 11 is 0. The van der Waals surface area contributed by atoms with Gasteiger partial charge in [-0.3, -0.25) is 0 Å². The first kappa shape index (κ1) is 16.6. The molecular weight excluding hydrogens is 330 g/mol. The van der Waals surface area contributed by atoms with Gasteiger partial charge in [-0.05, 0) is 24.6 Å². The normalized spacial score (nSPS) is 15.9. The standard InChI is InChI=1S/C20H23N3O3/c1-15-3-2-4-16(11-15)13-21-20(24)23-9-7-22(8-10-23)17-5-6-18-19(12-17)26-14-25-18/h2-6,11-12H,7-10,13-14H2,1H3,(H,21,24). The quantitative estimate of drug-likeness (QED) is 0.922. The second kappa shape index (κ2) is 7.15. The van der Waals surface area contributed by atoms with Crippen LogP contribution in [0.1, 0.15) is 11.1 Å². The highest BCUT2D eigenvalue weighted by Crippen LogP contribution is 2.35. The van der Waals surface area contributed by atoms with Crippen LogP contribution in [0.4, 0.5) is 10.5 Å². The number of carbonyl (C=O) groups excluding carboxylic acids is 1. The molecule has 0 radical (unpaired) electrons. The molecule has 6 nitrogen and oxygen atoms in total. The third kappa shape index (κ3) is 3.54. The van der Waals surface area contributed by atoms with Crippen molar-refractivity contribution in [2.45, 2.75) is 13.5 Å². The van der Waals surface area contributed by atoms with E-state index in [2.05, 4.69) is 29.3 Å². The fraction of sp³-hybridized carbons (Fsp3) is 0.350. The molecule has 0 atom stereocenters. The molecule has 1 N–H and O–H groups in total. The van der Waals surface area contributed by atoms with E-state index in [0.717, 1.165) is 35.8 Å². The summed E-state index contributed by atoms with van der Waals surface area (Å²) in [5.41, 5.74) is 3.43. The summed E-state index contributed by atoms with van der Waals surface area (Å²) < 4.78 is 10.8. The number of rotatable bonds is 3. The molecule has 0 bridgehead atoms. The molecule has 1 fully saturated rings. The maximum atomic E-state index is 12.4. The molecule has 2 aromatic carbocycles. The molecule has 6 heteroatoms. The second-order valence-corrected chi connectivity index (χ2v) is 6.66. The van der Waals surface area contributed by atoms with E-state index in [1.165, 1.54) is 5.56 Å². The molecule has 0 spiro atoms. The number of nitrogens with zero attached hydrogens (tertiary/aromatic N) is 2. The summed E-state index contributed by atoms with van der Waals surface area (Å²) in [4.78, 5) is 16.6. The van der Waals surface area contributed by atoms with Crippen LogP contribution in [-0.2, 0) is 6.54 Å². The number of benzene rings is 2. The molecule has 1 saturated heterocycles. The molecule has 0 unspecified atom stereocenters. The Morgan fingerprint density at radius 1 is 1.04 bits per heavy atom. The van der Waals surface area contributed by atoms with Crippen LogP contribution in [0, 0.1) is 6.92 Å². The molecular formula is C20H23N3O3. The number of hydrogen-bond donors (Lipinski definition) is 1. The van der Waals surface area contributed by atoms with Gasteiger partial charge in [0.05, 0.1) is 0 Å². The predicted octanol–water partition coefficient (Wildman–Crippen LogP) is 2.76. The zero-order valence-corrected chi connectivity index (χ0v) is 14.9. The van der Waals surface area contributed by atoms with Crippen molar-refractivity contribution in [2.75, 3.05) is 37.9 Å². The van der Waals surface area contributed by atoms with Gasteiger partial charge >= 0.3 is 6.03 Å². The molecule has 2 aromatic rings. The van der Waals surface area contributed by atoms with E-state index in [0.29, 0.717) is 19.6 Å². The number of hydrogen-bond acceptors (Lipinski definition) is 4. The van der Waals surface area contributed by atoms with Gasteiger partial charge in [-0.2, -0.15) is 0 Å². The van der Waals surface area contributed by atoms with Crippen molar-refractivity contribution in [3.8, 4) is 11.5 Å². The van der Waals surface area contributed by atoms with Crippen LogP contribution in [0.5, 0.6) is 11.5 Å². The molecule has 2 heterocycles. The van der Waals surface area contributed by atoms with Gasteiger partial charge in [-0.1, -0.05) is 29.8 Å². The lowest BCUT2D eigenvalue weighted by Gasteiger charge is -2.36. The predicted molar refractivity (Wildman–Crippen MR) is 99.8 cm³/mol. The van der Waals surface area contributed by atoms with E-state index >= 15 is 0 Å². The van der Waals surface area contributed by atoms with E-state index in [1.807, 2.05) is 35.2 Å². The lowest BCUT2D eigenvalue weighted by atomic mass is 10.1. The smallest absolute Gasteiger partial charge is 0.317 e. The number of piperazine rings is 1. The van der Waals surface area contributed by atoms with E-state index in [-0.39, 0.29) is 12.8 Å². The molecule has 2 amide bonds. The van der Waals surface area contributed by atoms with Crippen molar-refractivity contribution in [3.05, 3.63) is 53.6 Å². The van der Waals surface area contributed by atoms with Gasteiger partial charge in [0.2, 0.25) is 6.79 Å². The second-order valence-electron chi connectivity index (χ2n) is 6.66. The van der Waals surface area contributed by atoms with E-state index in [4.69, 9.17) is 9.47 Å². The lowest BCUT2D eigenvalue weighted by molar-refractivity contribution is 0.174. The fourth-order valence-electron chi connectivity index (χ4n) is 3.36. The van der Waals surface area contributed by atoms with Gasteiger partial charge in [0.25, 0.3) is 0 Å². The van der Waals surface area contributed by atoms with Gasteiger partial charge in [-0.25, -0.2) is 4.79 Å². The average Bonchev–Trinajstić information content (AvgIpc) is 3.14. The Morgan fingerprint density at radius 2 is 1.85 bits per heavy atom. The van der Waals surface area contributed by atoms with Crippen molar-refractivity contribution >= 4 is 11.7 Å². The van der Waals surface area contributed by atoms with Crippen LogP contribution in [0.15, 0.2) is 42.5 Å². The van der Waals surface area contributed by atoms with Crippen molar-refractivity contribution in [1.82, 2.24) is 10.2 Å². The third-order valence-corrected chi connectivity index (χ3v) is 4.81. The zero-order chi connectivity index (χ0) is 17.9.